The van der Waals surface area contributed by atoms with Crippen molar-refractivity contribution in [1.82, 2.24) is 9.78 Å². The molecule has 0 bridgehead atoms. The molecule has 1 N–H and O–H groups in total. The number of amides is 1. The van der Waals surface area contributed by atoms with Crippen LogP contribution in [0.25, 0.3) is 0 Å². The van der Waals surface area contributed by atoms with Gasteiger partial charge in [-0.15, -0.1) is 0 Å². The largest absolute Gasteiger partial charge is 0.486 e. The highest BCUT2D eigenvalue weighted by Gasteiger charge is 2.22. The van der Waals surface area contributed by atoms with Crippen LogP contribution in [0, 0.1) is 10.1 Å². The number of anilines is 1. The van der Waals surface area contributed by atoms with Gasteiger partial charge in [-0.05, 0) is 18.2 Å². The average molecular weight is 370 g/mol. The second kappa shape index (κ2) is 6.83. The molecule has 0 spiro atoms. The van der Waals surface area contributed by atoms with Crippen LogP contribution in [0.2, 0.25) is 0 Å². The second-order valence-electron chi connectivity index (χ2n) is 5.80. The van der Waals surface area contributed by atoms with Crippen LogP contribution in [0.3, 0.4) is 0 Å². The summed E-state index contributed by atoms with van der Waals surface area (Å²) in [4.78, 5) is 22.0. The number of hydrogen-bond acceptors (Lipinski definition) is 7. The number of nitrogens with zero attached hydrogens (tertiary/aromatic N) is 3. The van der Waals surface area contributed by atoms with Crippen molar-refractivity contribution in [1.29, 1.82) is 0 Å². The Kier molecular flexibility index (Phi) is 4.21. The van der Waals surface area contributed by atoms with E-state index in [9.17, 15) is 14.9 Å². The number of para-hydroxylation sites is 2. The minimum absolute atomic E-state index is 0.157. The maximum absolute atomic E-state index is 12.1. The zero-order valence-electron chi connectivity index (χ0n) is 13.9. The highest BCUT2D eigenvalue weighted by atomic mass is 16.6. The number of hydrogen-bond donors (Lipinski definition) is 1. The molecule has 1 aliphatic rings. The summed E-state index contributed by atoms with van der Waals surface area (Å²) in [6.07, 6.45) is 2.86. The van der Waals surface area contributed by atoms with E-state index in [4.69, 9.17) is 13.9 Å². The molecule has 4 rings (SSSR count). The summed E-state index contributed by atoms with van der Waals surface area (Å²) >= 11 is 0. The molecule has 3 aromatic rings. The summed E-state index contributed by atoms with van der Waals surface area (Å²) in [6.45, 7) is 0.811. The lowest BCUT2D eigenvalue weighted by molar-refractivity contribution is -0.402. The number of nitro groups is 1. The van der Waals surface area contributed by atoms with Gasteiger partial charge in [0.05, 0.1) is 24.5 Å². The zero-order chi connectivity index (χ0) is 18.8. The predicted octanol–water partition coefficient (Wildman–Crippen LogP) is 2.48. The average Bonchev–Trinajstić information content (AvgIpc) is 3.31. The Balaban J connectivity index is 1.37. The molecule has 0 saturated carbocycles. The van der Waals surface area contributed by atoms with E-state index in [2.05, 4.69) is 10.4 Å². The summed E-state index contributed by atoms with van der Waals surface area (Å²) in [7, 11) is 0. The summed E-state index contributed by atoms with van der Waals surface area (Å²) in [5.41, 5.74) is 0.427. The van der Waals surface area contributed by atoms with Crippen LogP contribution in [-0.2, 0) is 6.54 Å². The number of aromatic nitrogens is 2. The first kappa shape index (κ1) is 16.6. The molecule has 1 atom stereocenters. The number of rotatable bonds is 5. The van der Waals surface area contributed by atoms with Crippen LogP contribution >= 0.6 is 0 Å². The lowest BCUT2D eigenvalue weighted by Gasteiger charge is -2.26. The van der Waals surface area contributed by atoms with Gasteiger partial charge >= 0.3 is 5.88 Å². The molecule has 1 amide bonds. The Morgan fingerprint density at radius 2 is 2.11 bits per heavy atom. The number of fused-ring (bicyclic) bond motifs is 1. The topological polar surface area (TPSA) is 122 Å². The van der Waals surface area contributed by atoms with E-state index in [0.29, 0.717) is 30.3 Å². The normalized spacial score (nSPS) is 15.3. The van der Waals surface area contributed by atoms with Crippen molar-refractivity contribution in [3.63, 3.8) is 0 Å². The molecule has 1 unspecified atom stereocenters. The van der Waals surface area contributed by atoms with E-state index in [1.165, 1.54) is 12.3 Å². The maximum atomic E-state index is 12.1. The minimum Gasteiger partial charge on any atom is -0.486 e. The van der Waals surface area contributed by atoms with Crippen molar-refractivity contribution in [2.75, 3.05) is 11.9 Å². The van der Waals surface area contributed by atoms with Crippen molar-refractivity contribution < 1.29 is 23.6 Å². The molecule has 0 aliphatic carbocycles. The Morgan fingerprint density at radius 1 is 1.30 bits per heavy atom. The Labute approximate surface area is 152 Å². The number of nitrogens with one attached hydrogen (secondary N) is 1. The number of carbonyl (C=O) groups is 1. The fraction of sp³-hybridized carbons (Fsp3) is 0.176. The highest BCUT2D eigenvalue weighted by Crippen LogP contribution is 2.31. The van der Waals surface area contributed by atoms with Gasteiger partial charge in [0.15, 0.2) is 23.4 Å². The summed E-state index contributed by atoms with van der Waals surface area (Å²) in [5, 5.41) is 17.4. The highest BCUT2D eigenvalue weighted by molar-refractivity contribution is 6.02. The van der Waals surface area contributed by atoms with Crippen molar-refractivity contribution in [2.24, 2.45) is 0 Å². The molecular formula is C17H14N4O6. The molecule has 3 heterocycles. The fourth-order valence-corrected chi connectivity index (χ4v) is 2.63. The lowest BCUT2D eigenvalue weighted by atomic mass is 10.2. The van der Waals surface area contributed by atoms with Crippen LogP contribution in [0.4, 0.5) is 11.6 Å². The third kappa shape index (κ3) is 3.59. The van der Waals surface area contributed by atoms with E-state index in [1.54, 1.807) is 10.9 Å². The monoisotopic (exact) mass is 370 g/mol. The molecule has 1 aliphatic heterocycles. The number of furan rings is 1. The molecule has 0 saturated heterocycles. The van der Waals surface area contributed by atoms with Gasteiger partial charge in [-0.2, -0.15) is 5.10 Å². The zero-order valence-corrected chi connectivity index (χ0v) is 13.9. The van der Waals surface area contributed by atoms with E-state index >= 15 is 0 Å². The van der Waals surface area contributed by atoms with E-state index in [-0.39, 0.29) is 11.9 Å². The van der Waals surface area contributed by atoms with Crippen molar-refractivity contribution in [2.45, 2.75) is 12.6 Å². The van der Waals surface area contributed by atoms with Gasteiger partial charge in [0.2, 0.25) is 0 Å². The Hall–Kier alpha value is -3.82. The number of benzene rings is 1. The maximum Gasteiger partial charge on any atom is 0.433 e. The van der Waals surface area contributed by atoms with E-state index in [1.807, 2.05) is 24.3 Å². The van der Waals surface area contributed by atoms with Crippen LogP contribution in [0.1, 0.15) is 10.6 Å². The van der Waals surface area contributed by atoms with Gasteiger partial charge in [0.25, 0.3) is 5.91 Å². The third-order valence-electron chi connectivity index (χ3n) is 3.84. The summed E-state index contributed by atoms with van der Waals surface area (Å²) in [5.74, 6) is 0.123. The quantitative estimate of drug-likeness (QED) is 0.541. The summed E-state index contributed by atoms with van der Waals surface area (Å²) in [6, 6.07) is 9.77. The van der Waals surface area contributed by atoms with Crippen molar-refractivity contribution in [3.8, 4) is 11.5 Å². The molecule has 138 valence electrons. The Bertz CT molecular complexity index is 995. The molecule has 0 radical (unpaired) electrons. The molecule has 0 fully saturated rings. The third-order valence-corrected chi connectivity index (χ3v) is 3.84. The first-order valence-electron chi connectivity index (χ1n) is 8.05. The van der Waals surface area contributed by atoms with Crippen LogP contribution in [0.5, 0.6) is 11.5 Å². The number of ether oxygens (including phenoxy) is 2. The number of carbonyl (C=O) groups excluding carboxylic acids is 1. The van der Waals surface area contributed by atoms with Gasteiger partial charge in [-0.1, -0.05) is 12.1 Å². The minimum atomic E-state index is -0.709. The fourth-order valence-electron chi connectivity index (χ4n) is 2.63. The van der Waals surface area contributed by atoms with Crippen LogP contribution in [0.15, 0.2) is 53.2 Å². The lowest BCUT2D eigenvalue weighted by Crippen LogP contribution is -2.33. The van der Waals surface area contributed by atoms with E-state index in [0.717, 1.165) is 6.07 Å². The Morgan fingerprint density at radius 3 is 2.89 bits per heavy atom. The van der Waals surface area contributed by atoms with Gasteiger partial charge in [-0.25, -0.2) is 0 Å². The van der Waals surface area contributed by atoms with Crippen LogP contribution < -0.4 is 14.8 Å². The van der Waals surface area contributed by atoms with Crippen molar-refractivity contribution in [3.05, 3.63) is 64.7 Å². The molecule has 2 aromatic heterocycles. The molecular weight excluding hydrogens is 356 g/mol. The SMILES string of the molecule is O=C(Nc1cnn(CC2COc3ccccc3O2)c1)c1ccc([N+](=O)[O-])o1. The van der Waals surface area contributed by atoms with Crippen LogP contribution in [-0.4, -0.2) is 33.3 Å². The second-order valence-corrected chi connectivity index (χ2v) is 5.80. The first-order valence-corrected chi connectivity index (χ1v) is 8.05. The predicted molar refractivity (Wildman–Crippen MR) is 91.9 cm³/mol. The molecule has 10 nitrogen and oxygen atoms in total. The summed E-state index contributed by atoms with van der Waals surface area (Å²) < 4.78 is 18.0. The van der Waals surface area contributed by atoms with Gasteiger partial charge in [0, 0.05) is 6.20 Å². The van der Waals surface area contributed by atoms with Gasteiger partial charge in [0.1, 0.15) is 11.5 Å². The first-order chi connectivity index (χ1) is 13.1. The standard InChI is InChI=1S/C17H14N4O6/c22-17(15-5-6-16(27-15)21(23)24)19-11-7-18-20(8-11)9-12-10-25-13-3-1-2-4-14(13)26-12/h1-8,12H,9-10H2,(H,19,22). The van der Waals surface area contributed by atoms with Gasteiger partial charge in [-0.3, -0.25) is 19.6 Å². The van der Waals surface area contributed by atoms with Crippen molar-refractivity contribution >= 4 is 17.5 Å². The van der Waals surface area contributed by atoms with E-state index < -0.39 is 16.7 Å². The molecule has 10 heteroatoms. The van der Waals surface area contributed by atoms with Gasteiger partial charge < -0.3 is 19.2 Å². The molecule has 27 heavy (non-hydrogen) atoms. The smallest absolute Gasteiger partial charge is 0.433 e. The molecule has 1 aromatic carbocycles.